The average Bonchev–Trinajstić information content (AvgIpc) is 3.51. The number of carbonyl (C=O) groups is 2. The Morgan fingerprint density at radius 2 is 1.57 bits per heavy atom. The molecular formula is C29H26Cl2N2O4. The highest BCUT2D eigenvalue weighted by molar-refractivity contribution is 6.51. The Hall–Kier alpha value is -3.48. The van der Waals surface area contributed by atoms with Gasteiger partial charge in [-0.05, 0) is 61.7 Å². The van der Waals surface area contributed by atoms with Gasteiger partial charge in [0.15, 0.2) is 5.75 Å². The fourth-order valence-corrected chi connectivity index (χ4v) is 5.74. The van der Waals surface area contributed by atoms with E-state index in [0.29, 0.717) is 11.3 Å². The summed E-state index contributed by atoms with van der Waals surface area (Å²) in [6, 6.07) is 17.3. The molecule has 1 atom stereocenters. The third-order valence-corrected chi connectivity index (χ3v) is 7.44. The Balaban J connectivity index is 1.65. The number of hydrogen-bond acceptors (Lipinski definition) is 5. The molecule has 37 heavy (non-hydrogen) atoms. The summed E-state index contributed by atoms with van der Waals surface area (Å²) in [5, 5.41) is 11.7. The largest absolute Gasteiger partial charge is 0.507 e. The van der Waals surface area contributed by atoms with E-state index < -0.39 is 17.7 Å². The van der Waals surface area contributed by atoms with Crippen molar-refractivity contribution < 1.29 is 19.4 Å². The van der Waals surface area contributed by atoms with E-state index in [4.69, 9.17) is 27.9 Å². The minimum absolute atomic E-state index is 0.0310. The summed E-state index contributed by atoms with van der Waals surface area (Å²) in [5.74, 6) is -1.59. The highest BCUT2D eigenvalue weighted by Crippen LogP contribution is 2.44. The summed E-state index contributed by atoms with van der Waals surface area (Å²) < 4.78 is 5.20. The first-order chi connectivity index (χ1) is 17.8. The van der Waals surface area contributed by atoms with Gasteiger partial charge in [-0.2, -0.15) is 0 Å². The van der Waals surface area contributed by atoms with Crippen LogP contribution in [0.2, 0.25) is 10.0 Å². The van der Waals surface area contributed by atoms with Crippen molar-refractivity contribution in [3.8, 4) is 5.75 Å². The minimum atomic E-state index is -0.836. The highest BCUT2D eigenvalue weighted by atomic mass is 35.5. The van der Waals surface area contributed by atoms with Crippen LogP contribution < -0.4 is 14.5 Å². The van der Waals surface area contributed by atoms with Crippen LogP contribution in [-0.2, 0) is 9.59 Å². The second-order valence-corrected chi connectivity index (χ2v) is 10.1. The summed E-state index contributed by atoms with van der Waals surface area (Å²) in [6.07, 6.45) is 2.31. The SMILES string of the molecule is COc1c(Cl)cc(/C(O)=C2\C(=O)C(=O)N(c3ccc(N4CCCC4)cc3)C2c2cccc(C)c2)cc1Cl. The van der Waals surface area contributed by atoms with Crippen molar-refractivity contribution in [1.82, 2.24) is 0 Å². The number of benzene rings is 3. The zero-order chi connectivity index (χ0) is 26.3. The van der Waals surface area contributed by atoms with Gasteiger partial charge in [-0.15, -0.1) is 0 Å². The van der Waals surface area contributed by atoms with Crippen LogP contribution >= 0.6 is 23.2 Å². The number of anilines is 2. The number of methoxy groups -OCH3 is 1. The lowest BCUT2D eigenvalue weighted by atomic mass is 9.94. The van der Waals surface area contributed by atoms with Gasteiger partial charge in [-0.1, -0.05) is 53.0 Å². The molecule has 3 aromatic rings. The van der Waals surface area contributed by atoms with Gasteiger partial charge in [0, 0.05) is 30.0 Å². The molecule has 2 aliphatic rings. The molecule has 2 heterocycles. The minimum Gasteiger partial charge on any atom is -0.507 e. The van der Waals surface area contributed by atoms with Gasteiger partial charge in [0.2, 0.25) is 0 Å². The number of Topliss-reactive ketones (excluding diaryl/α,β-unsaturated/α-hetero) is 1. The number of halogens is 2. The monoisotopic (exact) mass is 536 g/mol. The second-order valence-electron chi connectivity index (χ2n) is 9.27. The molecule has 0 aromatic heterocycles. The number of nitrogens with zero attached hydrogens (tertiary/aromatic N) is 2. The molecule has 1 N–H and O–H groups in total. The van der Waals surface area contributed by atoms with Gasteiger partial charge < -0.3 is 14.7 Å². The van der Waals surface area contributed by atoms with Crippen LogP contribution in [0, 0.1) is 6.92 Å². The molecule has 3 aromatic carbocycles. The normalized spacial score (nSPS) is 19.1. The first kappa shape index (κ1) is 25.2. The van der Waals surface area contributed by atoms with Crippen molar-refractivity contribution in [1.29, 1.82) is 0 Å². The number of amides is 1. The maximum absolute atomic E-state index is 13.4. The third kappa shape index (κ3) is 4.56. The zero-order valence-electron chi connectivity index (χ0n) is 20.5. The van der Waals surface area contributed by atoms with Crippen molar-refractivity contribution >= 4 is 52.0 Å². The van der Waals surface area contributed by atoms with Crippen LogP contribution in [0.15, 0.2) is 66.2 Å². The summed E-state index contributed by atoms with van der Waals surface area (Å²) >= 11 is 12.6. The summed E-state index contributed by atoms with van der Waals surface area (Å²) in [4.78, 5) is 30.6. The number of rotatable bonds is 5. The summed E-state index contributed by atoms with van der Waals surface area (Å²) in [7, 11) is 1.44. The van der Waals surface area contributed by atoms with Crippen molar-refractivity contribution in [3.05, 3.63) is 93.0 Å². The number of aliphatic hydroxyl groups is 1. The summed E-state index contributed by atoms with van der Waals surface area (Å²) in [6.45, 7) is 3.93. The van der Waals surface area contributed by atoms with E-state index in [1.54, 1.807) is 0 Å². The molecule has 1 unspecified atom stereocenters. The molecule has 2 fully saturated rings. The first-order valence-corrected chi connectivity index (χ1v) is 12.8. The van der Waals surface area contributed by atoms with Crippen molar-refractivity contribution in [3.63, 3.8) is 0 Å². The fraction of sp³-hybridized carbons (Fsp3) is 0.241. The van der Waals surface area contributed by atoms with Crippen LogP contribution in [0.4, 0.5) is 11.4 Å². The molecule has 190 valence electrons. The third-order valence-electron chi connectivity index (χ3n) is 6.88. The predicted molar refractivity (Wildman–Crippen MR) is 147 cm³/mol. The Kier molecular flexibility index (Phi) is 6.88. The van der Waals surface area contributed by atoms with Crippen LogP contribution in [0.5, 0.6) is 5.75 Å². The zero-order valence-corrected chi connectivity index (χ0v) is 22.0. The average molecular weight is 537 g/mol. The van der Waals surface area contributed by atoms with Gasteiger partial charge in [0.1, 0.15) is 5.76 Å². The van der Waals surface area contributed by atoms with E-state index in [9.17, 15) is 14.7 Å². The van der Waals surface area contributed by atoms with E-state index in [1.165, 1.54) is 24.1 Å². The lowest BCUT2D eigenvalue weighted by Crippen LogP contribution is -2.29. The molecule has 0 radical (unpaired) electrons. The number of ether oxygens (including phenoxy) is 1. The predicted octanol–water partition coefficient (Wildman–Crippen LogP) is 6.54. The second kappa shape index (κ2) is 10.1. The Morgan fingerprint density at radius 3 is 2.16 bits per heavy atom. The van der Waals surface area contributed by atoms with Crippen LogP contribution in [-0.4, -0.2) is 37.0 Å². The smallest absolute Gasteiger partial charge is 0.300 e. The first-order valence-electron chi connectivity index (χ1n) is 12.1. The van der Waals surface area contributed by atoms with Gasteiger partial charge in [-0.3, -0.25) is 14.5 Å². The van der Waals surface area contributed by atoms with E-state index in [-0.39, 0.29) is 32.7 Å². The van der Waals surface area contributed by atoms with Gasteiger partial charge in [0.05, 0.1) is 28.8 Å². The van der Waals surface area contributed by atoms with E-state index in [1.807, 2.05) is 55.5 Å². The Bertz CT molecular complexity index is 1390. The number of aryl methyl sites for hydroxylation is 1. The molecule has 5 rings (SSSR count). The molecule has 1 amide bonds. The molecule has 2 saturated heterocycles. The van der Waals surface area contributed by atoms with Gasteiger partial charge in [0.25, 0.3) is 11.7 Å². The molecular weight excluding hydrogens is 511 g/mol. The quantitative estimate of drug-likeness (QED) is 0.228. The maximum atomic E-state index is 13.4. The molecule has 0 aliphatic carbocycles. The standard InChI is InChI=1S/C29H26Cl2N2O4/c1-17-6-5-7-18(14-17)25-24(26(34)19-15-22(30)28(37-2)23(31)16-19)27(35)29(36)33(25)21-10-8-20(9-11-21)32-12-3-4-13-32/h5-11,14-16,25,34H,3-4,12-13H2,1-2H3/b26-24+. The highest BCUT2D eigenvalue weighted by Gasteiger charge is 2.47. The van der Waals surface area contributed by atoms with Crippen molar-refractivity contribution in [2.45, 2.75) is 25.8 Å². The molecule has 0 saturated carbocycles. The number of carbonyl (C=O) groups excluding carboxylic acids is 2. The number of aliphatic hydroxyl groups excluding tert-OH is 1. The number of hydrogen-bond donors (Lipinski definition) is 1. The lowest BCUT2D eigenvalue weighted by molar-refractivity contribution is -0.132. The van der Waals surface area contributed by atoms with E-state index >= 15 is 0 Å². The molecule has 6 nitrogen and oxygen atoms in total. The van der Waals surface area contributed by atoms with Gasteiger partial charge >= 0.3 is 0 Å². The van der Waals surface area contributed by atoms with Gasteiger partial charge in [-0.25, -0.2) is 0 Å². The molecule has 0 bridgehead atoms. The van der Waals surface area contributed by atoms with Crippen LogP contribution in [0.1, 0.15) is 35.6 Å². The van der Waals surface area contributed by atoms with Crippen molar-refractivity contribution in [2.75, 3.05) is 30.0 Å². The molecule has 8 heteroatoms. The molecule has 2 aliphatic heterocycles. The number of ketones is 1. The summed E-state index contributed by atoms with van der Waals surface area (Å²) in [5.41, 5.74) is 3.50. The van der Waals surface area contributed by atoms with E-state index in [0.717, 1.165) is 37.2 Å². The fourth-order valence-electron chi connectivity index (χ4n) is 5.10. The Labute approximate surface area is 225 Å². The maximum Gasteiger partial charge on any atom is 0.300 e. The van der Waals surface area contributed by atoms with E-state index in [2.05, 4.69) is 4.90 Å². The Morgan fingerprint density at radius 1 is 0.946 bits per heavy atom. The van der Waals surface area contributed by atoms with Crippen molar-refractivity contribution in [2.24, 2.45) is 0 Å². The lowest BCUT2D eigenvalue weighted by Gasteiger charge is -2.26. The van der Waals surface area contributed by atoms with Crippen LogP contribution in [0.25, 0.3) is 5.76 Å². The van der Waals surface area contributed by atoms with Crippen LogP contribution in [0.3, 0.4) is 0 Å². The topological polar surface area (TPSA) is 70.1 Å². The molecule has 0 spiro atoms.